The van der Waals surface area contributed by atoms with Crippen LogP contribution >= 0.6 is 0 Å². The van der Waals surface area contributed by atoms with Crippen molar-refractivity contribution in [3.05, 3.63) is 35.9 Å². The van der Waals surface area contributed by atoms with Crippen LogP contribution < -0.4 is 0 Å². The number of nitrogens with zero attached hydrogens (tertiary/aromatic N) is 2. The Morgan fingerprint density at radius 3 is 2.53 bits per heavy atom. The summed E-state index contributed by atoms with van der Waals surface area (Å²) in [7, 11) is 1.97. The topological polar surface area (TPSA) is 36.3 Å². The lowest BCUT2D eigenvalue weighted by Crippen LogP contribution is -2.59. The molecule has 1 fully saturated rings. The van der Waals surface area contributed by atoms with Crippen molar-refractivity contribution in [2.45, 2.75) is 12.1 Å². The van der Waals surface area contributed by atoms with E-state index >= 15 is 0 Å². The highest BCUT2D eigenvalue weighted by Crippen LogP contribution is 2.24. The molecule has 1 saturated heterocycles. The highest BCUT2D eigenvalue weighted by Gasteiger charge is 2.42. The van der Waals surface area contributed by atoms with Crippen molar-refractivity contribution in [1.82, 2.24) is 4.90 Å². The molecule has 1 aromatic carbocycles. The number of nitriles is 1. The van der Waals surface area contributed by atoms with Crippen LogP contribution in [0.1, 0.15) is 5.56 Å². The van der Waals surface area contributed by atoms with Crippen LogP contribution in [0.4, 0.5) is 0 Å². The quantitative estimate of drug-likeness (QED) is 0.743. The summed E-state index contributed by atoms with van der Waals surface area (Å²) >= 11 is 0. The van der Waals surface area contributed by atoms with Crippen LogP contribution in [-0.4, -0.2) is 30.7 Å². The molecule has 0 unspecified atom stereocenters. The molecule has 0 aromatic heterocycles. The van der Waals surface area contributed by atoms with Crippen LogP contribution in [0.2, 0.25) is 0 Å². The van der Waals surface area contributed by atoms with E-state index in [0.29, 0.717) is 13.2 Å². The molecule has 1 heterocycles. The summed E-state index contributed by atoms with van der Waals surface area (Å²) in [6, 6.07) is 12.5. The van der Waals surface area contributed by atoms with Crippen molar-refractivity contribution in [3.63, 3.8) is 0 Å². The molecule has 0 atom stereocenters. The minimum atomic E-state index is -0.407. The van der Waals surface area contributed by atoms with Gasteiger partial charge in [0.1, 0.15) is 0 Å². The molecule has 0 N–H and O–H groups in total. The van der Waals surface area contributed by atoms with Gasteiger partial charge in [0.05, 0.1) is 19.3 Å². The zero-order valence-corrected chi connectivity index (χ0v) is 8.81. The van der Waals surface area contributed by atoms with Crippen LogP contribution in [0.15, 0.2) is 30.3 Å². The SMILES string of the molecule is CN(Cc1ccccc1)C1(C#N)COC1. The van der Waals surface area contributed by atoms with Gasteiger partial charge in [-0.05, 0) is 12.6 Å². The van der Waals surface area contributed by atoms with Gasteiger partial charge in [-0.3, -0.25) is 4.90 Å². The highest BCUT2D eigenvalue weighted by molar-refractivity contribution is 5.18. The summed E-state index contributed by atoms with van der Waals surface area (Å²) in [5, 5.41) is 9.11. The Labute approximate surface area is 89.9 Å². The predicted octanol–water partition coefficient (Wildman–Crippen LogP) is 1.41. The van der Waals surface area contributed by atoms with E-state index in [0.717, 1.165) is 6.54 Å². The van der Waals surface area contributed by atoms with Gasteiger partial charge in [0.15, 0.2) is 5.54 Å². The lowest BCUT2D eigenvalue weighted by molar-refractivity contribution is -0.102. The van der Waals surface area contributed by atoms with Crippen molar-refractivity contribution >= 4 is 0 Å². The molecule has 0 spiro atoms. The van der Waals surface area contributed by atoms with Gasteiger partial charge in [-0.1, -0.05) is 30.3 Å². The Balaban J connectivity index is 2.04. The lowest BCUT2D eigenvalue weighted by Gasteiger charge is -2.42. The van der Waals surface area contributed by atoms with Crippen molar-refractivity contribution in [3.8, 4) is 6.07 Å². The second-order valence-corrected chi connectivity index (χ2v) is 3.98. The Morgan fingerprint density at radius 1 is 1.40 bits per heavy atom. The first-order valence-electron chi connectivity index (χ1n) is 5.01. The summed E-state index contributed by atoms with van der Waals surface area (Å²) in [4.78, 5) is 2.06. The zero-order chi connectivity index (χ0) is 10.7. The summed E-state index contributed by atoms with van der Waals surface area (Å²) in [5.74, 6) is 0. The number of rotatable bonds is 3. The van der Waals surface area contributed by atoms with Crippen LogP contribution in [0.25, 0.3) is 0 Å². The molecule has 3 heteroatoms. The third-order valence-corrected chi connectivity index (χ3v) is 2.88. The predicted molar refractivity (Wildman–Crippen MR) is 57.1 cm³/mol. The molecule has 2 rings (SSSR count). The first kappa shape index (κ1) is 10.2. The number of ether oxygens (including phenoxy) is 1. The van der Waals surface area contributed by atoms with E-state index in [4.69, 9.17) is 10.00 Å². The second-order valence-electron chi connectivity index (χ2n) is 3.98. The summed E-state index contributed by atoms with van der Waals surface area (Å²) < 4.78 is 5.12. The number of hydrogen-bond acceptors (Lipinski definition) is 3. The van der Waals surface area contributed by atoms with E-state index in [9.17, 15) is 0 Å². The maximum atomic E-state index is 9.11. The number of hydrogen-bond donors (Lipinski definition) is 0. The fourth-order valence-corrected chi connectivity index (χ4v) is 1.67. The van der Waals surface area contributed by atoms with E-state index in [-0.39, 0.29) is 0 Å². The average Bonchev–Trinajstić information content (AvgIpc) is 2.18. The van der Waals surface area contributed by atoms with Gasteiger partial charge >= 0.3 is 0 Å². The highest BCUT2D eigenvalue weighted by atomic mass is 16.5. The van der Waals surface area contributed by atoms with Crippen LogP contribution in [-0.2, 0) is 11.3 Å². The van der Waals surface area contributed by atoms with Gasteiger partial charge in [0.2, 0.25) is 0 Å². The van der Waals surface area contributed by atoms with Crippen molar-refractivity contribution in [2.24, 2.45) is 0 Å². The third-order valence-electron chi connectivity index (χ3n) is 2.88. The first-order valence-corrected chi connectivity index (χ1v) is 5.01. The van der Waals surface area contributed by atoms with Crippen molar-refractivity contribution in [1.29, 1.82) is 5.26 Å². The van der Waals surface area contributed by atoms with E-state index < -0.39 is 5.54 Å². The smallest absolute Gasteiger partial charge is 0.156 e. The van der Waals surface area contributed by atoms with Gasteiger partial charge in [0.25, 0.3) is 0 Å². The first-order chi connectivity index (χ1) is 7.27. The van der Waals surface area contributed by atoms with Gasteiger partial charge in [-0.15, -0.1) is 0 Å². The molecule has 0 bridgehead atoms. The van der Waals surface area contributed by atoms with E-state index in [2.05, 4.69) is 23.1 Å². The Bertz CT molecular complexity index is 365. The molecule has 3 nitrogen and oxygen atoms in total. The Kier molecular flexibility index (Phi) is 2.72. The molecule has 0 aliphatic carbocycles. The van der Waals surface area contributed by atoms with E-state index in [1.54, 1.807) is 0 Å². The minimum Gasteiger partial charge on any atom is -0.375 e. The third kappa shape index (κ3) is 1.87. The average molecular weight is 202 g/mol. The molecule has 1 aromatic rings. The molecule has 0 saturated carbocycles. The molecule has 0 amide bonds. The number of benzene rings is 1. The molecule has 0 radical (unpaired) electrons. The molecule has 1 aliphatic rings. The minimum absolute atomic E-state index is 0.407. The Hall–Kier alpha value is -1.37. The van der Waals surface area contributed by atoms with Crippen LogP contribution in [0.3, 0.4) is 0 Å². The van der Waals surface area contributed by atoms with Gasteiger partial charge < -0.3 is 4.74 Å². The van der Waals surface area contributed by atoms with Crippen LogP contribution in [0, 0.1) is 11.3 Å². The van der Waals surface area contributed by atoms with Crippen LogP contribution in [0.5, 0.6) is 0 Å². The largest absolute Gasteiger partial charge is 0.375 e. The fourth-order valence-electron chi connectivity index (χ4n) is 1.67. The summed E-state index contributed by atoms with van der Waals surface area (Å²) in [5.41, 5.74) is 0.817. The summed E-state index contributed by atoms with van der Waals surface area (Å²) in [6.07, 6.45) is 0. The maximum Gasteiger partial charge on any atom is 0.156 e. The molecular weight excluding hydrogens is 188 g/mol. The number of likely N-dealkylation sites (N-methyl/N-ethyl adjacent to an activating group) is 1. The lowest BCUT2D eigenvalue weighted by atomic mass is 9.97. The standard InChI is InChI=1S/C12H14N2O/c1-14(12(8-13)9-15-10-12)7-11-5-3-2-4-6-11/h2-6H,7,9-10H2,1H3. The second kappa shape index (κ2) is 4.01. The molecule has 1 aliphatic heterocycles. The molecule has 15 heavy (non-hydrogen) atoms. The maximum absolute atomic E-state index is 9.11. The zero-order valence-electron chi connectivity index (χ0n) is 8.81. The fraction of sp³-hybridized carbons (Fsp3) is 0.417. The molecular formula is C12H14N2O. The monoisotopic (exact) mass is 202 g/mol. The molecule has 78 valence electrons. The van der Waals surface area contributed by atoms with Gasteiger partial charge in [0, 0.05) is 6.54 Å². The summed E-state index contributed by atoms with van der Waals surface area (Å²) in [6.45, 7) is 1.83. The Morgan fingerprint density at radius 2 is 2.07 bits per heavy atom. The van der Waals surface area contributed by atoms with Crippen molar-refractivity contribution < 1.29 is 4.74 Å². The van der Waals surface area contributed by atoms with Gasteiger partial charge in [-0.25, -0.2) is 0 Å². The van der Waals surface area contributed by atoms with Gasteiger partial charge in [-0.2, -0.15) is 5.26 Å². The van der Waals surface area contributed by atoms with E-state index in [1.807, 2.05) is 25.2 Å². The van der Waals surface area contributed by atoms with E-state index in [1.165, 1.54) is 5.56 Å². The normalized spacial score (nSPS) is 18.2. The van der Waals surface area contributed by atoms with Crippen molar-refractivity contribution in [2.75, 3.05) is 20.3 Å².